The monoisotopic (exact) mass is 832 g/mol. The van der Waals surface area contributed by atoms with Crippen molar-refractivity contribution in [1.82, 2.24) is 0 Å². The van der Waals surface area contributed by atoms with E-state index in [-0.39, 0.29) is 32.4 Å². The number of benzene rings is 2. The van der Waals surface area contributed by atoms with E-state index in [9.17, 15) is 9.59 Å². The molecule has 4 rings (SSSR count). The fourth-order valence-corrected chi connectivity index (χ4v) is 8.64. The van der Waals surface area contributed by atoms with Gasteiger partial charge in [-0.2, -0.15) is 0 Å². The van der Waals surface area contributed by atoms with Gasteiger partial charge in [-0.25, -0.2) is 9.59 Å². The van der Waals surface area contributed by atoms with Crippen molar-refractivity contribution in [2.45, 2.75) is 25.2 Å². The molecule has 2 bridgehead atoms. The third-order valence-electron chi connectivity index (χ3n) is 6.03. The molecular formula is C31H22BrO9PW. The maximum Gasteiger partial charge on any atom is 0 e. The Labute approximate surface area is 274 Å². The second-order valence-corrected chi connectivity index (χ2v) is 10.8. The van der Waals surface area contributed by atoms with E-state index < -0.39 is 19.9 Å². The predicted octanol–water partition coefficient (Wildman–Crippen LogP) is 4.51. The first kappa shape index (κ1) is 44.2. The second kappa shape index (κ2) is 24.2. The van der Waals surface area contributed by atoms with E-state index in [2.05, 4.69) is 67.1 Å². The fourth-order valence-electron chi connectivity index (χ4n) is 4.45. The molecule has 2 atom stereocenters. The molecule has 0 amide bonds. The van der Waals surface area contributed by atoms with Gasteiger partial charge in [-0.3, -0.25) is 0 Å². The Kier molecular flexibility index (Phi) is 24.8. The van der Waals surface area contributed by atoms with Crippen molar-refractivity contribution in [2.24, 2.45) is 0 Å². The first-order valence-electron chi connectivity index (χ1n) is 11.1. The molecule has 0 N–H and O–H groups in total. The van der Waals surface area contributed by atoms with Crippen molar-refractivity contribution in [3.8, 4) is 11.8 Å². The van der Waals surface area contributed by atoms with Crippen LogP contribution in [0, 0.1) is 45.1 Å². The molecule has 0 aliphatic carbocycles. The van der Waals surface area contributed by atoms with Crippen molar-refractivity contribution in [2.75, 3.05) is 14.2 Å². The Morgan fingerprint density at radius 1 is 0.698 bits per heavy atom. The Morgan fingerprint density at radius 2 is 1.05 bits per heavy atom. The summed E-state index contributed by atoms with van der Waals surface area (Å²) in [5.41, 5.74) is 4.58. The molecule has 0 aromatic heterocycles. The van der Waals surface area contributed by atoms with Gasteiger partial charge in [-0.1, -0.05) is 53.3 Å². The molecule has 2 unspecified atom stereocenters. The van der Waals surface area contributed by atoms with Crippen molar-refractivity contribution >= 4 is 41.1 Å². The zero-order chi connectivity index (χ0) is 33.0. The zero-order valence-corrected chi connectivity index (χ0v) is 28.6. The van der Waals surface area contributed by atoms with Gasteiger partial charge in [0.15, 0.2) is 0 Å². The summed E-state index contributed by atoms with van der Waals surface area (Å²) in [5.74, 6) is 5.66. The average Bonchev–Trinajstić information content (AvgIpc) is 3.55. The number of carbonyl (C=O) groups is 2. The van der Waals surface area contributed by atoms with Crippen LogP contribution in [0.4, 0.5) is 0 Å². The van der Waals surface area contributed by atoms with E-state index in [0.717, 1.165) is 32.1 Å². The van der Waals surface area contributed by atoms with Gasteiger partial charge >= 0.3 is 68.5 Å². The molecule has 43 heavy (non-hydrogen) atoms. The number of hydrogen-bond acceptors (Lipinski definition) is 4. The van der Waals surface area contributed by atoms with Crippen LogP contribution in [0.3, 0.4) is 0 Å². The van der Waals surface area contributed by atoms with Crippen LogP contribution in [0.2, 0.25) is 0 Å². The molecule has 12 heteroatoms. The van der Waals surface area contributed by atoms with Gasteiger partial charge in [0, 0.05) is 48.0 Å². The first-order valence-corrected chi connectivity index (χ1v) is 13.4. The molecule has 0 saturated heterocycles. The number of methoxy groups -OCH3 is 2. The molecule has 0 radical (unpaired) electrons. The molecule has 2 aliphatic heterocycles. The molecule has 218 valence electrons. The van der Waals surface area contributed by atoms with E-state index in [1.54, 1.807) is 0 Å². The number of esters is 2. The van der Waals surface area contributed by atoms with Gasteiger partial charge < -0.3 is 9.47 Å². The quantitative estimate of drug-likeness (QED) is 0.112. The summed E-state index contributed by atoms with van der Waals surface area (Å²) in [4.78, 5) is 25.5. The SMILES string of the molecule is COC(=O)C1=C(C(=O)OC)C2C(C)=C(C)C1P2c1ccccc1C#Cc1ccccc1Br.[C-]#[O+].[C-]#[O+].[C-]#[O+].[C-]#[O+].[C-]#[O+].[W]. The van der Waals surface area contributed by atoms with E-state index in [1.807, 2.05) is 56.3 Å². The number of fused-ring (bicyclic) bond motifs is 2. The third kappa shape index (κ3) is 10.1. The van der Waals surface area contributed by atoms with Crippen LogP contribution in [0.1, 0.15) is 25.0 Å². The van der Waals surface area contributed by atoms with Crippen LogP contribution >= 0.6 is 23.9 Å². The van der Waals surface area contributed by atoms with Crippen molar-refractivity contribution in [3.05, 3.63) is 120 Å². The van der Waals surface area contributed by atoms with Crippen LogP contribution in [0.25, 0.3) is 0 Å². The standard InChI is InChI=1S/C26H22BrO4P.5CO.W/c1-15-16(2)24-22(26(29)31-4)21(25(28)30-3)23(15)32(24)20-12-8-6-10-18(20)14-13-17-9-5-7-11-19(17)27;5*1-2;/h5-12,23-24H,1-4H3;;;;;;. The van der Waals surface area contributed by atoms with E-state index >= 15 is 0 Å². The number of halogens is 1. The van der Waals surface area contributed by atoms with Gasteiger partial charge in [0.1, 0.15) is 0 Å². The largest absolute Gasteiger partial charge is 0 e. The van der Waals surface area contributed by atoms with Gasteiger partial charge in [-0.15, -0.1) is 0 Å². The zero-order valence-electron chi connectivity index (χ0n) is 23.2. The molecule has 0 spiro atoms. The normalized spacial score (nSPS) is 16.1. The third-order valence-corrected chi connectivity index (χ3v) is 10.1. The van der Waals surface area contributed by atoms with Crippen LogP contribution in [0.15, 0.2) is 75.3 Å². The molecule has 2 aromatic rings. The average molecular weight is 833 g/mol. The minimum Gasteiger partial charge on any atom is 0 e. The van der Waals surface area contributed by atoms with Crippen LogP contribution in [0.5, 0.6) is 0 Å². The minimum atomic E-state index is -0.958. The molecule has 9 nitrogen and oxygen atoms in total. The Balaban J connectivity index is -0.00000132. The molecule has 2 aliphatic rings. The van der Waals surface area contributed by atoms with Gasteiger partial charge in [0.05, 0.1) is 25.4 Å². The van der Waals surface area contributed by atoms with Crippen molar-refractivity contribution in [3.63, 3.8) is 0 Å². The van der Waals surface area contributed by atoms with E-state index in [0.29, 0.717) is 11.1 Å². The van der Waals surface area contributed by atoms with Gasteiger partial charge in [-0.05, 0) is 61.2 Å². The Hall–Kier alpha value is -3.28. The van der Waals surface area contributed by atoms with Crippen LogP contribution in [-0.2, 0) is 63.4 Å². The molecule has 2 heterocycles. The van der Waals surface area contributed by atoms with Crippen LogP contribution < -0.4 is 5.30 Å². The summed E-state index contributed by atoms with van der Waals surface area (Å²) in [6.45, 7) is 26.6. The summed E-state index contributed by atoms with van der Waals surface area (Å²) < 4.78 is 48.6. The molecule has 2 aromatic carbocycles. The number of carbonyl (C=O) groups excluding carboxylic acids is 2. The number of rotatable bonds is 3. The summed E-state index contributed by atoms with van der Waals surface area (Å²) in [6, 6.07) is 15.8. The van der Waals surface area contributed by atoms with E-state index in [4.69, 9.17) is 32.7 Å². The smallest absolute Gasteiger partial charge is 0 e. The Morgan fingerprint density at radius 3 is 1.44 bits per heavy atom. The van der Waals surface area contributed by atoms with Crippen molar-refractivity contribution < 1.29 is 63.4 Å². The maximum atomic E-state index is 12.8. The predicted molar refractivity (Wildman–Crippen MR) is 150 cm³/mol. The number of ether oxygens (including phenoxy) is 2. The van der Waals surface area contributed by atoms with Gasteiger partial charge in [0.25, 0.3) is 0 Å². The summed E-state index contributed by atoms with van der Waals surface area (Å²) >= 11 is 3.55. The summed E-state index contributed by atoms with van der Waals surface area (Å²) in [5, 5.41) is 1.08. The summed E-state index contributed by atoms with van der Waals surface area (Å²) in [6.07, 6.45) is 0. The fraction of sp³-hybridized carbons (Fsp3) is 0.194. The molecule has 0 fully saturated rings. The molecule has 0 saturated carbocycles. The number of hydrogen-bond donors (Lipinski definition) is 0. The van der Waals surface area contributed by atoms with E-state index in [1.165, 1.54) is 14.2 Å². The summed E-state index contributed by atoms with van der Waals surface area (Å²) in [7, 11) is 1.74. The van der Waals surface area contributed by atoms with Gasteiger partial charge in [0.2, 0.25) is 0 Å². The molecular weight excluding hydrogens is 811 g/mol. The first-order chi connectivity index (χ1) is 20.4. The number of allylic oxidation sites excluding steroid dienone is 2. The van der Waals surface area contributed by atoms with Crippen LogP contribution in [-0.4, -0.2) is 37.5 Å². The minimum absolute atomic E-state index is 0. The maximum absolute atomic E-state index is 12.8. The van der Waals surface area contributed by atoms with Crippen molar-refractivity contribution in [1.29, 1.82) is 0 Å². The second-order valence-electron chi connectivity index (χ2n) is 7.64. The topological polar surface area (TPSA) is 152 Å². The Bertz CT molecular complexity index is 1410.